The first-order valence-electron chi connectivity index (χ1n) is 8.98. The van der Waals surface area contributed by atoms with E-state index in [0.717, 1.165) is 11.3 Å². The largest absolute Gasteiger partial charge is 0.477 e. The number of nitrogen functional groups attached to an aromatic ring is 1. The smallest absolute Gasteiger partial charge is 0.260 e. The van der Waals surface area contributed by atoms with Crippen LogP contribution >= 0.6 is 0 Å². The van der Waals surface area contributed by atoms with E-state index >= 15 is 0 Å². The molecule has 146 valence electrons. The Labute approximate surface area is 163 Å². The predicted octanol–water partition coefficient (Wildman–Crippen LogP) is 2.99. The molecule has 0 unspecified atom stereocenters. The number of hydrogen-bond acceptors (Lipinski definition) is 7. The molecule has 0 saturated heterocycles. The maximum atomic E-state index is 12.8. The van der Waals surface area contributed by atoms with E-state index < -0.39 is 5.91 Å². The number of pyridine rings is 1. The van der Waals surface area contributed by atoms with Gasteiger partial charge in [-0.2, -0.15) is 4.98 Å². The molecule has 3 rings (SSSR count). The maximum Gasteiger partial charge on any atom is 0.260 e. The highest BCUT2D eigenvalue weighted by Crippen LogP contribution is 2.26. The average molecular weight is 381 g/mol. The molecular formula is C20H23N5O3. The fourth-order valence-electron chi connectivity index (χ4n) is 2.49. The zero-order chi connectivity index (χ0) is 20.1. The maximum absolute atomic E-state index is 12.8. The van der Waals surface area contributed by atoms with E-state index in [4.69, 9.17) is 14.9 Å². The van der Waals surface area contributed by atoms with E-state index in [0.29, 0.717) is 12.4 Å². The summed E-state index contributed by atoms with van der Waals surface area (Å²) in [5.41, 5.74) is 7.94. The van der Waals surface area contributed by atoms with Crippen LogP contribution in [-0.2, 0) is 6.54 Å². The number of carbonyl (C=O) groups is 1. The Morgan fingerprint density at radius 1 is 1.29 bits per heavy atom. The van der Waals surface area contributed by atoms with E-state index in [1.807, 2.05) is 32.9 Å². The Balaban J connectivity index is 1.89. The van der Waals surface area contributed by atoms with E-state index in [1.165, 1.54) is 6.26 Å². The quantitative estimate of drug-likeness (QED) is 0.646. The molecule has 0 atom stereocenters. The second-order valence-corrected chi connectivity index (χ2v) is 6.74. The second-order valence-electron chi connectivity index (χ2n) is 6.74. The summed E-state index contributed by atoms with van der Waals surface area (Å²) in [5, 5.41) is 2.81. The van der Waals surface area contributed by atoms with Crippen LogP contribution in [0.2, 0.25) is 0 Å². The van der Waals surface area contributed by atoms with Crippen molar-refractivity contribution in [2.75, 3.05) is 12.3 Å². The van der Waals surface area contributed by atoms with Crippen LogP contribution in [0.1, 0.15) is 35.5 Å². The minimum atomic E-state index is -0.424. The van der Waals surface area contributed by atoms with Crippen LogP contribution in [0.3, 0.4) is 0 Å². The van der Waals surface area contributed by atoms with Gasteiger partial charge >= 0.3 is 0 Å². The van der Waals surface area contributed by atoms with Crippen LogP contribution in [0.4, 0.5) is 5.82 Å². The van der Waals surface area contributed by atoms with Crippen molar-refractivity contribution in [3.05, 3.63) is 53.5 Å². The van der Waals surface area contributed by atoms with Gasteiger partial charge in [-0.15, -0.1) is 0 Å². The Hall–Kier alpha value is -3.42. The van der Waals surface area contributed by atoms with Gasteiger partial charge in [-0.3, -0.25) is 9.78 Å². The highest BCUT2D eigenvalue weighted by Gasteiger charge is 2.22. The topological polar surface area (TPSA) is 116 Å². The third-order valence-corrected chi connectivity index (χ3v) is 3.96. The first-order valence-corrected chi connectivity index (χ1v) is 8.98. The third-order valence-electron chi connectivity index (χ3n) is 3.96. The molecule has 8 nitrogen and oxygen atoms in total. The first-order chi connectivity index (χ1) is 13.5. The number of nitrogens with one attached hydrogen (secondary N) is 1. The van der Waals surface area contributed by atoms with Crippen molar-refractivity contribution in [3.8, 4) is 17.5 Å². The van der Waals surface area contributed by atoms with E-state index in [2.05, 4.69) is 20.3 Å². The van der Waals surface area contributed by atoms with Crippen LogP contribution in [0.5, 0.6) is 5.88 Å². The Morgan fingerprint density at radius 2 is 2.11 bits per heavy atom. The van der Waals surface area contributed by atoms with Crippen LogP contribution in [-0.4, -0.2) is 27.5 Å². The number of rotatable bonds is 7. The normalized spacial score (nSPS) is 10.9. The summed E-state index contributed by atoms with van der Waals surface area (Å²) in [6.45, 7) is 6.58. The van der Waals surface area contributed by atoms with Crippen molar-refractivity contribution in [2.24, 2.45) is 5.92 Å². The van der Waals surface area contributed by atoms with Crippen LogP contribution in [0, 0.1) is 12.8 Å². The summed E-state index contributed by atoms with van der Waals surface area (Å²) in [4.78, 5) is 25.7. The number of aryl methyl sites for hydroxylation is 1. The molecule has 3 aromatic rings. The fraction of sp³-hybridized carbons (Fsp3) is 0.300. The molecule has 0 aliphatic rings. The van der Waals surface area contributed by atoms with Crippen LogP contribution in [0.25, 0.3) is 11.6 Å². The minimum Gasteiger partial charge on any atom is -0.477 e. The van der Waals surface area contributed by atoms with Crippen molar-refractivity contribution >= 4 is 11.7 Å². The lowest BCUT2D eigenvalue weighted by atomic mass is 10.2. The molecule has 3 aromatic heterocycles. The van der Waals surface area contributed by atoms with Crippen molar-refractivity contribution in [1.29, 1.82) is 0 Å². The number of amides is 1. The highest BCUT2D eigenvalue weighted by molar-refractivity contribution is 6.00. The van der Waals surface area contributed by atoms with Crippen molar-refractivity contribution in [1.82, 2.24) is 20.3 Å². The lowest BCUT2D eigenvalue weighted by Crippen LogP contribution is -2.26. The summed E-state index contributed by atoms with van der Waals surface area (Å²) in [5.74, 6) is 0.677. The highest BCUT2D eigenvalue weighted by atomic mass is 16.5. The molecule has 0 aliphatic heterocycles. The van der Waals surface area contributed by atoms with Gasteiger partial charge in [0.05, 0.1) is 25.1 Å². The number of aromatic nitrogens is 3. The molecule has 0 spiro atoms. The first kappa shape index (κ1) is 19.3. The third kappa shape index (κ3) is 4.46. The summed E-state index contributed by atoms with van der Waals surface area (Å²) in [6.07, 6.45) is 3.20. The van der Waals surface area contributed by atoms with Crippen molar-refractivity contribution < 1.29 is 13.9 Å². The Bertz CT molecular complexity index is 954. The van der Waals surface area contributed by atoms with E-state index in [9.17, 15) is 4.79 Å². The lowest BCUT2D eigenvalue weighted by Gasteiger charge is -2.14. The van der Waals surface area contributed by atoms with Crippen LogP contribution in [0.15, 0.2) is 41.1 Å². The van der Waals surface area contributed by atoms with Gasteiger partial charge in [0.15, 0.2) is 5.76 Å². The van der Waals surface area contributed by atoms with Gasteiger partial charge in [-0.1, -0.05) is 19.9 Å². The summed E-state index contributed by atoms with van der Waals surface area (Å²) >= 11 is 0. The van der Waals surface area contributed by atoms with Gasteiger partial charge in [-0.05, 0) is 36.6 Å². The lowest BCUT2D eigenvalue weighted by molar-refractivity contribution is 0.0945. The van der Waals surface area contributed by atoms with Gasteiger partial charge in [0.2, 0.25) is 11.7 Å². The van der Waals surface area contributed by atoms with Crippen molar-refractivity contribution in [3.63, 3.8) is 0 Å². The number of nitrogens with two attached hydrogens (primary N) is 1. The molecule has 0 radical (unpaired) electrons. The summed E-state index contributed by atoms with van der Waals surface area (Å²) in [7, 11) is 0. The monoisotopic (exact) mass is 381 g/mol. The SMILES string of the molecule is Cc1cccnc1CNC(=O)c1c(N)nc(-c2ccco2)nc1OCC(C)C. The minimum absolute atomic E-state index is 0.0235. The summed E-state index contributed by atoms with van der Waals surface area (Å²) in [6, 6.07) is 7.21. The van der Waals surface area contributed by atoms with Crippen molar-refractivity contribution in [2.45, 2.75) is 27.3 Å². The zero-order valence-corrected chi connectivity index (χ0v) is 16.1. The molecule has 0 fully saturated rings. The van der Waals surface area contributed by atoms with Gasteiger partial charge in [-0.25, -0.2) is 4.98 Å². The predicted molar refractivity (Wildman–Crippen MR) is 105 cm³/mol. The molecule has 8 heteroatoms. The molecule has 28 heavy (non-hydrogen) atoms. The molecule has 0 bridgehead atoms. The molecule has 1 amide bonds. The number of furan rings is 1. The number of hydrogen-bond donors (Lipinski definition) is 2. The fourth-order valence-corrected chi connectivity index (χ4v) is 2.49. The number of ether oxygens (including phenoxy) is 1. The van der Waals surface area contributed by atoms with Gasteiger partial charge < -0.3 is 20.2 Å². The molecule has 3 heterocycles. The number of carbonyl (C=O) groups excluding carboxylic acids is 1. The molecular weight excluding hydrogens is 358 g/mol. The summed E-state index contributed by atoms with van der Waals surface area (Å²) < 4.78 is 11.1. The molecule has 3 N–H and O–H groups in total. The average Bonchev–Trinajstić information content (AvgIpc) is 3.20. The Morgan fingerprint density at radius 3 is 2.79 bits per heavy atom. The molecule has 0 aromatic carbocycles. The van der Waals surface area contributed by atoms with E-state index in [-0.39, 0.29) is 35.5 Å². The standard InChI is InChI=1S/C20H23N5O3/c1-12(2)11-28-20-16(17(21)24-18(25-20)15-7-5-9-27-15)19(26)23-10-14-13(3)6-4-8-22-14/h4-9,12H,10-11H2,1-3H3,(H,23,26)(H2,21,24,25). The molecule has 0 saturated carbocycles. The van der Waals surface area contributed by atoms with Gasteiger partial charge in [0.25, 0.3) is 5.91 Å². The number of anilines is 1. The zero-order valence-electron chi connectivity index (χ0n) is 16.1. The Kier molecular flexibility index (Phi) is 5.88. The van der Waals surface area contributed by atoms with Gasteiger partial charge in [0.1, 0.15) is 11.4 Å². The second kappa shape index (κ2) is 8.51. The van der Waals surface area contributed by atoms with Crippen LogP contribution < -0.4 is 15.8 Å². The van der Waals surface area contributed by atoms with Gasteiger partial charge in [0, 0.05) is 6.20 Å². The molecule has 0 aliphatic carbocycles. The number of nitrogens with zero attached hydrogens (tertiary/aromatic N) is 3. The van der Waals surface area contributed by atoms with E-state index in [1.54, 1.807) is 18.3 Å².